The zero-order valence-electron chi connectivity index (χ0n) is 11.3. The van der Waals surface area contributed by atoms with Crippen molar-refractivity contribution >= 4 is 17.2 Å². The summed E-state index contributed by atoms with van der Waals surface area (Å²) in [5, 5.41) is 17.4. The Labute approximate surface area is 113 Å². The van der Waals surface area contributed by atoms with E-state index in [1.54, 1.807) is 11.3 Å². The standard InChI is InChI=1S/C13H23N3OS/c1-4-10(8-12(14)16-17)15-13(9(2)3)11-6-5-7-18-11/h5-7,9-10,13,15,17H,4,8H2,1-3H3,(H2,14,16). The number of nitrogens with two attached hydrogens (primary N) is 1. The lowest BCUT2D eigenvalue weighted by atomic mass is 10.00. The third-order valence-corrected chi connectivity index (χ3v) is 3.96. The van der Waals surface area contributed by atoms with Crippen molar-refractivity contribution in [3.8, 4) is 0 Å². The molecule has 18 heavy (non-hydrogen) atoms. The highest BCUT2D eigenvalue weighted by Gasteiger charge is 2.20. The fourth-order valence-electron chi connectivity index (χ4n) is 1.94. The minimum atomic E-state index is 0.232. The van der Waals surface area contributed by atoms with Crippen LogP contribution in [0.15, 0.2) is 22.7 Å². The van der Waals surface area contributed by atoms with Crippen molar-refractivity contribution in [2.45, 2.75) is 45.7 Å². The van der Waals surface area contributed by atoms with Crippen molar-refractivity contribution in [3.63, 3.8) is 0 Å². The molecule has 0 aliphatic carbocycles. The van der Waals surface area contributed by atoms with Crippen LogP contribution >= 0.6 is 11.3 Å². The van der Waals surface area contributed by atoms with Gasteiger partial charge in [-0.15, -0.1) is 11.3 Å². The van der Waals surface area contributed by atoms with Gasteiger partial charge in [-0.05, 0) is 23.8 Å². The van der Waals surface area contributed by atoms with Gasteiger partial charge in [-0.2, -0.15) is 0 Å². The molecular formula is C13H23N3OS. The van der Waals surface area contributed by atoms with Crippen LogP contribution in [0.25, 0.3) is 0 Å². The molecule has 5 heteroatoms. The molecule has 0 amide bonds. The Kier molecular flexibility index (Phi) is 6.15. The fraction of sp³-hybridized carbons (Fsp3) is 0.615. The molecule has 0 aliphatic heterocycles. The summed E-state index contributed by atoms with van der Waals surface area (Å²) < 4.78 is 0. The van der Waals surface area contributed by atoms with E-state index >= 15 is 0 Å². The summed E-state index contributed by atoms with van der Waals surface area (Å²) in [6, 6.07) is 4.77. The van der Waals surface area contributed by atoms with Crippen LogP contribution in [0.5, 0.6) is 0 Å². The highest BCUT2D eigenvalue weighted by atomic mass is 32.1. The molecule has 1 aromatic rings. The van der Waals surface area contributed by atoms with Crippen LogP contribution in [0.1, 0.15) is 44.5 Å². The van der Waals surface area contributed by atoms with E-state index in [1.807, 2.05) is 0 Å². The van der Waals surface area contributed by atoms with E-state index in [-0.39, 0.29) is 11.9 Å². The summed E-state index contributed by atoms with van der Waals surface area (Å²) in [4.78, 5) is 1.34. The summed E-state index contributed by atoms with van der Waals surface area (Å²) in [5.41, 5.74) is 5.58. The molecule has 2 atom stereocenters. The second-order valence-electron chi connectivity index (χ2n) is 4.80. The zero-order valence-corrected chi connectivity index (χ0v) is 12.1. The van der Waals surface area contributed by atoms with Crippen molar-refractivity contribution < 1.29 is 5.21 Å². The summed E-state index contributed by atoms with van der Waals surface area (Å²) in [6.07, 6.45) is 1.52. The summed E-state index contributed by atoms with van der Waals surface area (Å²) in [7, 11) is 0. The van der Waals surface area contributed by atoms with Crippen LogP contribution in [0.2, 0.25) is 0 Å². The lowest BCUT2D eigenvalue weighted by molar-refractivity contribution is 0.312. The van der Waals surface area contributed by atoms with Crippen molar-refractivity contribution in [1.29, 1.82) is 0 Å². The summed E-state index contributed by atoms with van der Waals surface area (Å²) in [6.45, 7) is 6.51. The molecule has 0 saturated heterocycles. The Balaban J connectivity index is 2.70. The van der Waals surface area contributed by atoms with Crippen molar-refractivity contribution in [2.75, 3.05) is 0 Å². The minimum absolute atomic E-state index is 0.232. The van der Waals surface area contributed by atoms with Crippen LogP contribution in [0.3, 0.4) is 0 Å². The number of thiophene rings is 1. The van der Waals surface area contributed by atoms with E-state index < -0.39 is 0 Å². The van der Waals surface area contributed by atoms with E-state index in [0.29, 0.717) is 18.4 Å². The van der Waals surface area contributed by atoms with Gasteiger partial charge in [0, 0.05) is 23.4 Å². The predicted octanol–water partition coefficient (Wildman–Crippen LogP) is 2.95. The van der Waals surface area contributed by atoms with Gasteiger partial charge >= 0.3 is 0 Å². The van der Waals surface area contributed by atoms with Gasteiger partial charge in [0.15, 0.2) is 0 Å². The maximum absolute atomic E-state index is 8.64. The predicted molar refractivity (Wildman–Crippen MR) is 77.1 cm³/mol. The molecule has 1 heterocycles. The van der Waals surface area contributed by atoms with Gasteiger partial charge in [0.2, 0.25) is 0 Å². The molecule has 0 fully saturated rings. The quantitative estimate of drug-likeness (QED) is 0.308. The third-order valence-electron chi connectivity index (χ3n) is 3.01. The molecule has 1 rings (SSSR count). The van der Waals surface area contributed by atoms with E-state index in [4.69, 9.17) is 10.9 Å². The number of hydrogen-bond donors (Lipinski definition) is 3. The maximum Gasteiger partial charge on any atom is 0.140 e. The number of hydrogen-bond acceptors (Lipinski definition) is 4. The van der Waals surface area contributed by atoms with Crippen LogP contribution in [0.4, 0.5) is 0 Å². The van der Waals surface area contributed by atoms with Crippen molar-refractivity contribution in [3.05, 3.63) is 22.4 Å². The number of nitrogens with zero attached hydrogens (tertiary/aromatic N) is 1. The van der Waals surface area contributed by atoms with Gasteiger partial charge in [0.1, 0.15) is 5.84 Å². The first kappa shape index (κ1) is 15.0. The first-order valence-electron chi connectivity index (χ1n) is 6.34. The lowest BCUT2D eigenvalue weighted by Gasteiger charge is -2.27. The monoisotopic (exact) mass is 269 g/mol. The molecule has 0 aliphatic rings. The molecule has 0 radical (unpaired) electrons. The molecule has 0 spiro atoms. The molecule has 2 unspecified atom stereocenters. The van der Waals surface area contributed by atoms with E-state index in [1.165, 1.54) is 4.88 Å². The molecule has 4 N–H and O–H groups in total. The Morgan fingerprint density at radius 2 is 2.28 bits per heavy atom. The highest BCUT2D eigenvalue weighted by Crippen LogP contribution is 2.26. The number of nitrogens with one attached hydrogen (secondary N) is 1. The van der Waals surface area contributed by atoms with E-state index in [9.17, 15) is 0 Å². The number of rotatable bonds is 7. The molecule has 0 saturated carbocycles. The second kappa shape index (κ2) is 7.38. The Morgan fingerprint density at radius 3 is 2.72 bits per heavy atom. The zero-order chi connectivity index (χ0) is 13.5. The van der Waals surface area contributed by atoms with Gasteiger partial charge in [-0.1, -0.05) is 32.0 Å². The Bertz CT molecular complexity index is 362. The van der Waals surface area contributed by atoms with Gasteiger partial charge in [0.25, 0.3) is 0 Å². The average molecular weight is 269 g/mol. The SMILES string of the molecule is CCC(CC(N)=NO)NC(c1cccs1)C(C)C. The normalized spacial score (nSPS) is 15.9. The molecule has 102 valence electrons. The van der Waals surface area contributed by atoms with Gasteiger partial charge < -0.3 is 16.3 Å². The molecule has 4 nitrogen and oxygen atoms in total. The topological polar surface area (TPSA) is 70.6 Å². The van der Waals surface area contributed by atoms with Crippen LogP contribution in [0, 0.1) is 5.92 Å². The Hall–Kier alpha value is -1.07. The first-order chi connectivity index (χ1) is 8.58. The highest BCUT2D eigenvalue weighted by molar-refractivity contribution is 7.10. The summed E-state index contributed by atoms with van der Waals surface area (Å²) in [5.74, 6) is 0.785. The Morgan fingerprint density at radius 1 is 1.56 bits per heavy atom. The fourth-order valence-corrected chi connectivity index (χ4v) is 2.90. The largest absolute Gasteiger partial charge is 0.409 e. The number of amidine groups is 1. The molecular weight excluding hydrogens is 246 g/mol. The first-order valence-corrected chi connectivity index (χ1v) is 7.22. The third kappa shape index (κ3) is 4.31. The molecule has 0 aromatic carbocycles. The second-order valence-corrected chi connectivity index (χ2v) is 5.78. The van der Waals surface area contributed by atoms with E-state index in [0.717, 1.165) is 6.42 Å². The lowest BCUT2D eigenvalue weighted by Crippen LogP contribution is -2.37. The van der Waals surface area contributed by atoms with E-state index in [2.05, 4.69) is 48.8 Å². The maximum atomic E-state index is 8.64. The van der Waals surface area contributed by atoms with Crippen molar-refractivity contribution in [2.24, 2.45) is 16.8 Å². The smallest absolute Gasteiger partial charge is 0.140 e. The van der Waals surface area contributed by atoms with Crippen LogP contribution in [-0.4, -0.2) is 17.1 Å². The van der Waals surface area contributed by atoms with Gasteiger partial charge in [0.05, 0.1) is 0 Å². The molecule has 1 aromatic heterocycles. The average Bonchev–Trinajstić information content (AvgIpc) is 2.86. The van der Waals surface area contributed by atoms with Crippen LogP contribution in [-0.2, 0) is 0 Å². The van der Waals surface area contributed by atoms with Crippen molar-refractivity contribution in [1.82, 2.24) is 5.32 Å². The van der Waals surface area contributed by atoms with Crippen LogP contribution < -0.4 is 11.1 Å². The summed E-state index contributed by atoms with van der Waals surface area (Å²) >= 11 is 1.76. The number of oxime groups is 1. The molecule has 0 bridgehead atoms. The van der Waals surface area contributed by atoms with Gasteiger partial charge in [-0.25, -0.2) is 0 Å². The minimum Gasteiger partial charge on any atom is -0.409 e. The van der Waals surface area contributed by atoms with Gasteiger partial charge in [-0.3, -0.25) is 0 Å².